The lowest BCUT2D eigenvalue weighted by molar-refractivity contribution is -0.274. The molecule has 1 aromatic carbocycles. The van der Waals surface area contributed by atoms with Crippen LogP contribution < -0.4 is 15.4 Å². The average molecular weight is 402 g/mol. The van der Waals surface area contributed by atoms with Crippen LogP contribution in [0.4, 0.5) is 18.9 Å². The maximum Gasteiger partial charge on any atom is 0.573 e. The third-order valence-electron chi connectivity index (χ3n) is 3.33. The molecule has 0 aliphatic carbocycles. The van der Waals surface area contributed by atoms with E-state index in [0.29, 0.717) is 12.2 Å². The van der Waals surface area contributed by atoms with Gasteiger partial charge >= 0.3 is 6.36 Å². The number of carbonyl (C=O) groups excluding carboxylic acids is 2. The van der Waals surface area contributed by atoms with E-state index >= 15 is 0 Å². The van der Waals surface area contributed by atoms with Gasteiger partial charge in [-0.05, 0) is 54.8 Å². The normalized spacial score (nSPS) is 12.3. The Morgan fingerprint density at radius 1 is 1.22 bits per heavy atom. The van der Waals surface area contributed by atoms with Gasteiger partial charge in [0.25, 0.3) is 5.91 Å². The molecular weight excluding hydrogens is 385 g/mol. The van der Waals surface area contributed by atoms with Crippen LogP contribution in [0, 0.1) is 0 Å². The van der Waals surface area contributed by atoms with E-state index in [1.54, 1.807) is 6.07 Å². The highest BCUT2D eigenvalue weighted by Gasteiger charge is 2.31. The summed E-state index contributed by atoms with van der Waals surface area (Å²) in [6, 6.07) is 6.91. The van der Waals surface area contributed by atoms with E-state index in [-0.39, 0.29) is 11.4 Å². The number of benzene rings is 1. The summed E-state index contributed by atoms with van der Waals surface area (Å²) < 4.78 is 45.3. The van der Waals surface area contributed by atoms with Crippen LogP contribution in [0.15, 0.2) is 47.1 Å². The summed E-state index contributed by atoms with van der Waals surface area (Å²) in [6.45, 7) is 0. The first-order valence-corrected chi connectivity index (χ1v) is 9.18. The Bertz CT molecular complexity index is 749. The molecule has 27 heavy (non-hydrogen) atoms. The lowest BCUT2D eigenvalue weighted by Gasteiger charge is -2.18. The summed E-state index contributed by atoms with van der Waals surface area (Å²) in [5.41, 5.74) is 0.274. The van der Waals surface area contributed by atoms with Crippen LogP contribution in [0.3, 0.4) is 0 Å². The molecule has 6 nitrogen and oxygen atoms in total. The standard InChI is InChI=1S/C17H17F3N2O4S/c1-27-10-8-13(22-16(24)14-3-2-9-25-14)15(23)21-11-4-6-12(7-5-11)26-17(18,19)20/h2-7,9,13H,8,10H2,1H3,(H,21,23)(H,22,24)/t13-/m1/s1. The molecule has 0 spiro atoms. The smallest absolute Gasteiger partial charge is 0.459 e. The van der Waals surface area contributed by atoms with E-state index < -0.39 is 30.0 Å². The first kappa shape index (κ1) is 20.7. The van der Waals surface area contributed by atoms with Gasteiger partial charge < -0.3 is 19.8 Å². The number of hydrogen-bond acceptors (Lipinski definition) is 5. The number of furan rings is 1. The third kappa shape index (κ3) is 6.89. The van der Waals surface area contributed by atoms with Gasteiger partial charge in [-0.25, -0.2) is 0 Å². The second-order valence-corrected chi connectivity index (χ2v) is 6.33. The number of halogens is 3. The summed E-state index contributed by atoms with van der Waals surface area (Å²) in [7, 11) is 0. The number of ether oxygens (including phenoxy) is 1. The van der Waals surface area contributed by atoms with Crippen molar-refractivity contribution < 1.29 is 31.9 Å². The molecule has 2 rings (SSSR count). The number of amides is 2. The predicted octanol–water partition coefficient (Wildman–Crippen LogP) is 3.67. The van der Waals surface area contributed by atoms with E-state index in [2.05, 4.69) is 15.4 Å². The van der Waals surface area contributed by atoms with Crippen molar-refractivity contribution in [2.75, 3.05) is 17.3 Å². The molecule has 0 saturated carbocycles. The van der Waals surface area contributed by atoms with Crippen molar-refractivity contribution in [3.8, 4) is 5.75 Å². The molecule has 0 unspecified atom stereocenters. The summed E-state index contributed by atoms with van der Waals surface area (Å²) in [6.07, 6.45) is -1.21. The SMILES string of the molecule is CSCC[C@@H](NC(=O)c1ccco1)C(=O)Nc1ccc(OC(F)(F)F)cc1. The number of carbonyl (C=O) groups is 2. The number of rotatable bonds is 8. The van der Waals surface area contributed by atoms with Crippen LogP contribution in [0.1, 0.15) is 17.0 Å². The highest BCUT2D eigenvalue weighted by Crippen LogP contribution is 2.24. The predicted molar refractivity (Wildman–Crippen MR) is 94.7 cm³/mol. The number of anilines is 1. The molecule has 1 atom stereocenters. The molecule has 2 amide bonds. The van der Waals surface area contributed by atoms with Crippen molar-refractivity contribution in [2.24, 2.45) is 0 Å². The Morgan fingerprint density at radius 2 is 1.93 bits per heavy atom. The van der Waals surface area contributed by atoms with Gasteiger partial charge in [-0.1, -0.05) is 0 Å². The Hall–Kier alpha value is -2.62. The Labute approximate surface area is 157 Å². The van der Waals surface area contributed by atoms with Crippen LogP contribution in [0.25, 0.3) is 0 Å². The molecule has 0 saturated heterocycles. The van der Waals surface area contributed by atoms with Crippen LogP contribution in [-0.4, -0.2) is 36.2 Å². The van der Waals surface area contributed by atoms with Gasteiger partial charge in [0.1, 0.15) is 11.8 Å². The van der Waals surface area contributed by atoms with Gasteiger partial charge in [0.2, 0.25) is 5.91 Å². The average Bonchev–Trinajstić information content (AvgIpc) is 3.13. The van der Waals surface area contributed by atoms with Crippen molar-refractivity contribution in [3.63, 3.8) is 0 Å². The summed E-state index contributed by atoms with van der Waals surface area (Å²) in [4.78, 5) is 24.6. The number of hydrogen-bond donors (Lipinski definition) is 2. The molecule has 0 aliphatic rings. The van der Waals surface area contributed by atoms with E-state index in [1.165, 1.54) is 36.2 Å². The van der Waals surface area contributed by atoms with E-state index in [1.807, 2.05) is 6.26 Å². The van der Waals surface area contributed by atoms with E-state index in [4.69, 9.17) is 4.42 Å². The summed E-state index contributed by atoms with van der Waals surface area (Å²) >= 11 is 1.51. The maximum atomic E-state index is 12.5. The first-order chi connectivity index (χ1) is 12.8. The monoisotopic (exact) mass is 402 g/mol. The third-order valence-corrected chi connectivity index (χ3v) is 3.98. The van der Waals surface area contributed by atoms with Crippen LogP contribution in [0.5, 0.6) is 5.75 Å². The summed E-state index contributed by atoms with van der Waals surface area (Å²) in [5.74, 6) is -0.728. The minimum atomic E-state index is -4.79. The lowest BCUT2D eigenvalue weighted by Crippen LogP contribution is -2.44. The molecular formula is C17H17F3N2O4S. The van der Waals surface area contributed by atoms with Gasteiger partial charge in [0.15, 0.2) is 5.76 Å². The second-order valence-electron chi connectivity index (χ2n) is 5.35. The molecule has 0 fully saturated rings. The molecule has 1 heterocycles. The second kappa shape index (κ2) is 9.36. The molecule has 1 aromatic heterocycles. The zero-order chi connectivity index (χ0) is 19.9. The minimum absolute atomic E-state index is 0.0746. The Balaban J connectivity index is 2.01. The van der Waals surface area contributed by atoms with Crippen LogP contribution in [0.2, 0.25) is 0 Å². The molecule has 0 bridgehead atoms. The van der Waals surface area contributed by atoms with E-state index in [0.717, 1.165) is 12.1 Å². The van der Waals surface area contributed by atoms with Crippen molar-refractivity contribution in [1.82, 2.24) is 5.32 Å². The van der Waals surface area contributed by atoms with Crippen LogP contribution in [-0.2, 0) is 4.79 Å². The molecule has 2 aromatic rings. The van der Waals surface area contributed by atoms with Crippen molar-refractivity contribution >= 4 is 29.3 Å². The molecule has 0 radical (unpaired) electrons. The maximum absolute atomic E-state index is 12.5. The summed E-state index contributed by atoms with van der Waals surface area (Å²) in [5, 5.41) is 5.15. The van der Waals surface area contributed by atoms with Gasteiger partial charge in [-0.3, -0.25) is 9.59 Å². The largest absolute Gasteiger partial charge is 0.573 e. The Morgan fingerprint density at radius 3 is 2.48 bits per heavy atom. The Kier molecular flexibility index (Phi) is 7.17. The van der Waals surface area contributed by atoms with Crippen molar-refractivity contribution in [2.45, 2.75) is 18.8 Å². The highest BCUT2D eigenvalue weighted by molar-refractivity contribution is 7.98. The van der Waals surface area contributed by atoms with Gasteiger partial charge in [-0.15, -0.1) is 13.2 Å². The lowest BCUT2D eigenvalue weighted by atomic mass is 10.2. The molecule has 2 N–H and O–H groups in total. The molecule has 10 heteroatoms. The first-order valence-electron chi connectivity index (χ1n) is 7.78. The zero-order valence-corrected chi connectivity index (χ0v) is 15.0. The van der Waals surface area contributed by atoms with Gasteiger partial charge in [-0.2, -0.15) is 11.8 Å². The topological polar surface area (TPSA) is 80.6 Å². The number of thioether (sulfide) groups is 1. The van der Waals surface area contributed by atoms with Crippen LogP contribution >= 0.6 is 11.8 Å². The van der Waals surface area contributed by atoms with Gasteiger partial charge in [0.05, 0.1) is 6.26 Å². The zero-order valence-electron chi connectivity index (χ0n) is 14.2. The fourth-order valence-corrected chi connectivity index (χ4v) is 2.58. The van der Waals surface area contributed by atoms with Gasteiger partial charge in [0, 0.05) is 5.69 Å². The molecule has 146 valence electrons. The van der Waals surface area contributed by atoms with Crippen molar-refractivity contribution in [1.29, 1.82) is 0 Å². The number of alkyl halides is 3. The molecule has 0 aliphatic heterocycles. The minimum Gasteiger partial charge on any atom is -0.459 e. The fourth-order valence-electron chi connectivity index (χ4n) is 2.11. The van der Waals surface area contributed by atoms with E-state index in [9.17, 15) is 22.8 Å². The number of nitrogens with one attached hydrogen (secondary N) is 2. The highest BCUT2D eigenvalue weighted by atomic mass is 32.2. The quantitative estimate of drug-likeness (QED) is 0.704. The van der Waals surface area contributed by atoms with Crippen molar-refractivity contribution in [3.05, 3.63) is 48.4 Å². The fraction of sp³-hybridized carbons (Fsp3) is 0.294.